The highest BCUT2D eigenvalue weighted by molar-refractivity contribution is 9.10. The Balaban J connectivity index is 2.28. The molecule has 0 saturated heterocycles. The van der Waals surface area contributed by atoms with Crippen molar-refractivity contribution in [2.75, 3.05) is 7.05 Å². The minimum Gasteiger partial charge on any atom is -0.267 e. The van der Waals surface area contributed by atoms with Crippen molar-refractivity contribution in [2.24, 2.45) is 0 Å². The minimum absolute atomic E-state index is 0.216. The van der Waals surface area contributed by atoms with Crippen LogP contribution < -0.4 is 0 Å². The molecule has 114 valence electrons. The van der Waals surface area contributed by atoms with Crippen LogP contribution in [0.2, 0.25) is 5.02 Å². The molecule has 0 aliphatic carbocycles. The minimum atomic E-state index is -3.56. The van der Waals surface area contributed by atoms with Gasteiger partial charge in [0.05, 0.1) is 27.8 Å². The van der Waals surface area contributed by atoms with Crippen LogP contribution in [0.1, 0.15) is 12.6 Å². The maximum Gasteiger partial charge on any atom is 0.243 e. The molecule has 0 atom stereocenters. The van der Waals surface area contributed by atoms with Gasteiger partial charge < -0.3 is 0 Å². The number of sulfonamides is 1. The standard InChI is InChI=1S/C13H15BrClN3O2S/c1-3-18-13(12(14)8-16-18)9-17(2)21(19,20)11-6-4-10(15)5-7-11/h4-8H,3,9H2,1-2H3. The van der Waals surface area contributed by atoms with Crippen molar-refractivity contribution >= 4 is 37.6 Å². The summed E-state index contributed by atoms with van der Waals surface area (Å²) in [4.78, 5) is 0.216. The molecule has 0 aliphatic heterocycles. The zero-order chi connectivity index (χ0) is 15.6. The third-order valence-corrected chi connectivity index (χ3v) is 5.82. The van der Waals surface area contributed by atoms with E-state index in [1.165, 1.54) is 16.4 Å². The average molecular weight is 393 g/mol. The van der Waals surface area contributed by atoms with Gasteiger partial charge >= 0.3 is 0 Å². The largest absolute Gasteiger partial charge is 0.267 e. The van der Waals surface area contributed by atoms with E-state index in [2.05, 4.69) is 21.0 Å². The van der Waals surface area contributed by atoms with Gasteiger partial charge in [0.25, 0.3) is 0 Å². The molecule has 5 nitrogen and oxygen atoms in total. The van der Waals surface area contributed by atoms with Gasteiger partial charge in [-0.2, -0.15) is 9.40 Å². The summed E-state index contributed by atoms with van der Waals surface area (Å²) in [6, 6.07) is 6.13. The molecular weight excluding hydrogens is 378 g/mol. The topological polar surface area (TPSA) is 55.2 Å². The number of halogens is 2. The van der Waals surface area contributed by atoms with Crippen LogP contribution in [0.25, 0.3) is 0 Å². The van der Waals surface area contributed by atoms with Gasteiger partial charge in [0.1, 0.15) is 0 Å². The highest BCUT2D eigenvalue weighted by Crippen LogP contribution is 2.22. The molecule has 0 spiro atoms. The van der Waals surface area contributed by atoms with Crippen LogP contribution >= 0.6 is 27.5 Å². The summed E-state index contributed by atoms with van der Waals surface area (Å²) in [6.45, 7) is 2.87. The zero-order valence-corrected chi connectivity index (χ0v) is 14.8. The summed E-state index contributed by atoms with van der Waals surface area (Å²) in [5.41, 5.74) is 0.817. The van der Waals surface area contributed by atoms with E-state index in [1.54, 1.807) is 30.1 Å². The predicted octanol–water partition coefficient (Wildman–Crippen LogP) is 3.14. The lowest BCUT2D eigenvalue weighted by Gasteiger charge is -2.18. The fraction of sp³-hybridized carbons (Fsp3) is 0.308. The number of nitrogens with zero attached hydrogens (tertiary/aromatic N) is 3. The third-order valence-electron chi connectivity index (χ3n) is 3.09. The van der Waals surface area contributed by atoms with E-state index in [-0.39, 0.29) is 11.4 Å². The maximum absolute atomic E-state index is 12.5. The molecule has 0 fully saturated rings. The fourth-order valence-electron chi connectivity index (χ4n) is 1.90. The van der Waals surface area contributed by atoms with E-state index in [0.29, 0.717) is 11.6 Å². The van der Waals surface area contributed by atoms with Crippen molar-refractivity contribution in [1.82, 2.24) is 14.1 Å². The van der Waals surface area contributed by atoms with Crippen LogP contribution in [-0.4, -0.2) is 29.6 Å². The molecule has 0 radical (unpaired) electrons. The van der Waals surface area contributed by atoms with Crippen LogP contribution in [0.5, 0.6) is 0 Å². The summed E-state index contributed by atoms with van der Waals surface area (Å²) >= 11 is 9.19. The van der Waals surface area contributed by atoms with E-state index >= 15 is 0 Å². The molecular formula is C13H15BrClN3O2S. The quantitative estimate of drug-likeness (QED) is 0.785. The first-order valence-corrected chi connectivity index (χ1v) is 8.89. The molecule has 0 N–H and O–H groups in total. The number of rotatable bonds is 5. The van der Waals surface area contributed by atoms with Crippen molar-refractivity contribution in [1.29, 1.82) is 0 Å². The van der Waals surface area contributed by atoms with E-state index in [1.807, 2.05) is 6.92 Å². The summed E-state index contributed by atoms with van der Waals surface area (Å²) in [5, 5.41) is 4.69. The Bertz CT molecular complexity index is 728. The second-order valence-corrected chi connectivity index (χ2v) is 7.81. The predicted molar refractivity (Wildman–Crippen MR) is 85.7 cm³/mol. The SMILES string of the molecule is CCn1ncc(Br)c1CN(C)S(=O)(=O)c1ccc(Cl)cc1. The van der Waals surface area contributed by atoms with Gasteiger partial charge in [-0.3, -0.25) is 4.68 Å². The molecule has 0 unspecified atom stereocenters. The Morgan fingerprint density at radius 2 is 1.95 bits per heavy atom. The molecule has 1 heterocycles. The Labute approximate surface area is 137 Å². The number of hydrogen-bond acceptors (Lipinski definition) is 3. The Morgan fingerprint density at radius 1 is 1.33 bits per heavy atom. The van der Waals surface area contributed by atoms with Crippen molar-refractivity contribution in [3.05, 3.63) is 45.7 Å². The number of benzene rings is 1. The van der Waals surface area contributed by atoms with Gasteiger partial charge in [-0.25, -0.2) is 8.42 Å². The van der Waals surface area contributed by atoms with E-state index < -0.39 is 10.0 Å². The van der Waals surface area contributed by atoms with Gasteiger partial charge in [-0.1, -0.05) is 11.6 Å². The molecule has 21 heavy (non-hydrogen) atoms. The fourth-order valence-corrected chi connectivity index (χ4v) is 3.58. The Kier molecular flexibility index (Phi) is 5.08. The Morgan fingerprint density at radius 3 is 2.52 bits per heavy atom. The lowest BCUT2D eigenvalue weighted by atomic mass is 10.4. The lowest BCUT2D eigenvalue weighted by Crippen LogP contribution is -2.27. The van der Waals surface area contributed by atoms with Crippen LogP contribution in [0.3, 0.4) is 0 Å². The van der Waals surface area contributed by atoms with Gasteiger partial charge in [0, 0.05) is 18.6 Å². The summed E-state index contributed by atoms with van der Waals surface area (Å²) in [7, 11) is -2.02. The van der Waals surface area contributed by atoms with Gasteiger partial charge in [-0.05, 0) is 47.1 Å². The van der Waals surface area contributed by atoms with Gasteiger partial charge in [0.15, 0.2) is 0 Å². The zero-order valence-electron chi connectivity index (χ0n) is 11.6. The highest BCUT2D eigenvalue weighted by atomic mass is 79.9. The summed E-state index contributed by atoms with van der Waals surface area (Å²) in [5.74, 6) is 0. The van der Waals surface area contributed by atoms with E-state index in [0.717, 1.165) is 10.2 Å². The monoisotopic (exact) mass is 391 g/mol. The van der Waals surface area contributed by atoms with Crippen molar-refractivity contribution in [3.63, 3.8) is 0 Å². The summed E-state index contributed by atoms with van der Waals surface area (Å²) < 4.78 is 28.9. The van der Waals surface area contributed by atoms with Crippen LogP contribution in [0.4, 0.5) is 0 Å². The van der Waals surface area contributed by atoms with Crippen molar-refractivity contribution < 1.29 is 8.42 Å². The maximum atomic E-state index is 12.5. The molecule has 0 bridgehead atoms. The molecule has 1 aromatic carbocycles. The van der Waals surface area contributed by atoms with E-state index in [4.69, 9.17) is 11.6 Å². The molecule has 0 saturated carbocycles. The summed E-state index contributed by atoms with van der Waals surface area (Å²) in [6.07, 6.45) is 1.67. The third kappa shape index (κ3) is 3.48. The molecule has 2 rings (SSSR count). The first-order valence-electron chi connectivity index (χ1n) is 6.28. The highest BCUT2D eigenvalue weighted by Gasteiger charge is 2.23. The normalized spacial score (nSPS) is 12.0. The van der Waals surface area contributed by atoms with Crippen molar-refractivity contribution in [3.8, 4) is 0 Å². The smallest absolute Gasteiger partial charge is 0.243 e. The number of aromatic nitrogens is 2. The molecule has 0 aliphatic rings. The lowest BCUT2D eigenvalue weighted by molar-refractivity contribution is 0.446. The molecule has 0 amide bonds. The van der Waals surface area contributed by atoms with Crippen LogP contribution in [0.15, 0.2) is 39.8 Å². The van der Waals surface area contributed by atoms with Gasteiger partial charge in [-0.15, -0.1) is 0 Å². The first kappa shape index (κ1) is 16.5. The van der Waals surface area contributed by atoms with Crippen LogP contribution in [0, 0.1) is 0 Å². The first-order chi connectivity index (χ1) is 9.86. The van der Waals surface area contributed by atoms with Gasteiger partial charge in [0.2, 0.25) is 10.0 Å². The number of hydrogen-bond donors (Lipinski definition) is 0. The van der Waals surface area contributed by atoms with Crippen molar-refractivity contribution in [2.45, 2.75) is 24.9 Å². The second-order valence-electron chi connectivity index (χ2n) is 4.47. The molecule has 2 aromatic rings. The molecule has 1 aromatic heterocycles. The second kappa shape index (κ2) is 6.48. The Hall–Kier alpha value is -0.890. The van der Waals surface area contributed by atoms with Crippen LogP contribution in [-0.2, 0) is 23.1 Å². The molecule has 8 heteroatoms. The van der Waals surface area contributed by atoms with E-state index in [9.17, 15) is 8.42 Å². The average Bonchev–Trinajstić information content (AvgIpc) is 2.80. The number of aryl methyl sites for hydroxylation is 1.